The molecule has 1 aliphatic carbocycles. The molecule has 0 aromatic heterocycles. The maximum Gasteiger partial charge on any atom is 0.0337 e. The lowest BCUT2D eigenvalue weighted by atomic mass is 9.85. The molecule has 0 aromatic carbocycles. The Morgan fingerprint density at radius 2 is 1.94 bits per heavy atom. The standard InChI is InChI=1S/C14H28N2/c1-11-5-7-16(13(3)8-11)14(10-15)6-4-12(2)9-14/h11-13H,4-10,15H2,1-3H3. The molecular weight excluding hydrogens is 196 g/mol. The van der Waals surface area contributed by atoms with Gasteiger partial charge in [0.2, 0.25) is 0 Å². The van der Waals surface area contributed by atoms with Crippen molar-refractivity contribution in [3.8, 4) is 0 Å². The lowest BCUT2D eigenvalue weighted by molar-refractivity contribution is 0.0164. The van der Waals surface area contributed by atoms with Crippen LogP contribution in [0.1, 0.15) is 52.9 Å². The fraction of sp³-hybridized carbons (Fsp3) is 1.00. The summed E-state index contributed by atoms with van der Waals surface area (Å²) in [5.74, 6) is 1.77. The van der Waals surface area contributed by atoms with E-state index >= 15 is 0 Å². The van der Waals surface area contributed by atoms with Crippen molar-refractivity contribution < 1.29 is 0 Å². The number of nitrogens with zero attached hydrogens (tertiary/aromatic N) is 1. The van der Waals surface area contributed by atoms with E-state index in [0.717, 1.165) is 24.4 Å². The number of likely N-dealkylation sites (tertiary alicyclic amines) is 1. The van der Waals surface area contributed by atoms with Gasteiger partial charge in [0.05, 0.1) is 0 Å². The van der Waals surface area contributed by atoms with E-state index in [1.807, 2.05) is 0 Å². The predicted molar refractivity (Wildman–Crippen MR) is 69.4 cm³/mol. The monoisotopic (exact) mass is 224 g/mol. The van der Waals surface area contributed by atoms with Crippen molar-refractivity contribution in [3.63, 3.8) is 0 Å². The normalized spacial score (nSPS) is 46.1. The van der Waals surface area contributed by atoms with Crippen LogP contribution in [0.25, 0.3) is 0 Å². The van der Waals surface area contributed by atoms with E-state index in [0.29, 0.717) is 5.54 Å². The Labute approximate surface area is 101 Å². The van der Waals surface area contributed by atoms with Crippen LogP contribution < -0.4 is 5.73 Å². The summed E-state index contributed by atoms with van der Waals surface area (Å²) < 4.78 is 0. The number of nitrogens with two attached hydrogens (primary N) is 1. The molecule has 1 heterocycles. The van der Waals surface area contributed by atoms with Crippen LogP contribution in [0, 0.1) is 11.8 Å². The van der Waals surface area contributed by atoms with Crippen molar-refractivity contribution in [2.45, 2.75) is 64.5 Å². The molecule has 0 radical (unpaired) electrons. The molecule has 2 rings (SSSR count). The molecule has 4 atom stereocenters. The van der Waals surface area contributed by atoms with Crippen molar-refractivity contribution in [3.05, 3.63) is 0 Å². The van der Waals surface area contributed by atoms with E-state index < -0.39 is 0 Å². The Bertz CT molecular complexity index is 241. The fourth-order valence-corrected chi connectivity index (χ4v) is 4.04. The molecular formula is C14H28N2. The third kappa shape index (κ3) is 2.14. The number of piperidine rings is 1. The Kier molecular flexibility index (Phi) is 3.60. The highest BCUT2D eigenvalue weighted by atomic mass is 15.2. The van der Waals surface area contributed by atoms with E-state index in [1.54, 1.807) is 0 Å². The van der Waals surface area contributed by atoms with Gasteiger partial charge in [-0.05, 0) is 57.4 Å². The van der Waals surface area contributed by atoms with Gasteiger partial charge in [-0.25, -0.2) is 0 Å². The maximum absolute atomic E-state index is 6.12. The summed E-state index contributed by atoms with van der Waals surface area (Å²) in [7, 11) is 0. The smallest absolute Gasteiger partial charge is 0.0337 e. The van der Waals surface area contributed by atoms with Gasteiger partial charge in [0.25, 0.3) is 0 Å². The second kappa shape index (κ2) is 4.66. The van der Waals surface area contributed by atoms with Crippen LogP contribution in [0.15, 0.2) is 0 Å². The Morgan fingerprint density at radius 3 is 2.44 bits per heavy atom. The Balaban J connectivity index is 2.09. The van der Waals surface area contributed by atoms with Gasteiger partial charge >= 0.3 is 0 Å². The number of rotatable bonds is 2. The van der Waals surface area contributed by atoms with E-state index in [9.17, 15) is 0 Å². The molecule has 4 unspecified atom stereocenters. The molecule has 2 fully saturated rings. The topological polar surface area (TPSA) is 29.3 Å². The SMILES string of the molecule is CC1CCN(C2(CN)CCC(C)C2)C(C)C1. The van der Waals surface area contributed by atoms with E-state index in [2.05, 4.69) is 25.7 Å². The zero-order valence-electron chi connectivity index (χ0n) is 11.2. The highest BCUT2D eigenvalue weighted by Gasteiger charge is 2.44. The summed E-state index contributed by atoms with van der Waals surface area (Å²) in [5, 5.41) is 0. The minimum atomic E-state index is 0.346. The molecule has 94 valence electrons. The van der Waals surface area contributed by atoms with Crippen molar-refractivity contribution in [1.29, 1.82) is 0 Å². The summed E-state index contributed by atoms with van der Waals surface area (Å²) >= 11 is 0. The molecule has 2 aliphatic rings. The molecule has 0 bridgehead atoms. The third-order valence-corrected chi connectivity index (χ3v) is 4.96. The van der Waals surface area contributed by atoms with E-state index in [-0.39, 0.29) is 0 Å². The van der Waals surface area contributed by atoms with E-state index in [1.165, 1.54) is 38.6 Å². The molecule has 0 aromatic rings. The third-order valence-electron chi connectivity index (χ3n) is 4.96. The molecule has 1 aliphatic heterocycles. The summed E-state index contributed by atoms with van der Waals surface area (Å²) in [6, 6.07) is 0.734. The quantitative estimate of drug-likeness (QED) is 0.781. The average molecular weight is 224 g/mol. The fourth-order valence-electron chi connectivity index (χ4n) is 4.04. The van der Waals surface area contributed by atoms with Gasteiger partial charge in [-0.3, -0.25) is 4.90 Å². The Morgan fingerprint density at radius 1 is 1.19 bits per heavy atom. The minimum Gasteiger partial charge on any atom is -0.329 e. The predicted octanol–water partition coefficient (Wildman–Crippen LogP) is 2.62. The number of hydrogen-bond donors (Lipinski definition) is 1. The van der Waals surface area contributed by atoms with Crippen molar-refractivity contribution in [2.75, 3.05) is 13.1 Å². The first-order valence-corrected chi connectivity index (χ1v) is 7.04. The van der Waals surface area contributed by atoms with Gasteiger partial charge in [0, 0.05) is 18.1 Å². The van der Waals surface area contributed by atoms with E-state index in [4.69, 9.17) is 5.73 Å². The highest BCUT2D eigenvalue weighted by Crippen LogP contribution is 2.41. The summed E-state index contributed by atoms with van der Waals surface area (Å²) in [4.78, 5) is 2.75. The summed E-state index contributed by atoms with van der Waals surface area (Å²) in [5.41, 5.74) is 6.46. The van der Waals surface area contributed by atoms with Gasteiger partial charge in [-0.2, -0.15) is 0 Å². The molecule has 0 spiro atoms. The lowest BCUT2D eigenvalue weighted by Gasteiger charge is -2.48. The van der Waals surface area contributed by atoms with Crippen LogP contribution in [-0.4, -0.2) is 29.6 Å². The second-order valence-electron chi connectivity index (χ2n) is 6.45. The van der Waals surface area contributed by atoms with Crippen LogP contribution in [0.5, 0.6) is 0 Å². The van der Waals surface area contributed by atoms with Crippen LogP contribution >= 0.6 is 0 Å². The first-order chi connectivity index (χ1) is 7.57. The van der Waals surface area contributed by atoms with Crippen LogP contribution in [0.2, 0.25) is 0 Å². The molecule has 1 saturated heterocycles. The Hall–Kier alpha value is -0.0800. The highest BCUT2D eigenvalue weighted by molar-refractivity contribution is 5.01. The van der Waals surface area contributed by atoms with Crippen LogP contribution in [-0.2, 0) is 0 Å². The van der Waals surface area contributed by atoms with Gasteiger partial charge < -0.3 is 5.73 Å². The first-order valence-electron chi connectivity index (χ1n) is 7.04. The van der Waals surface area contributed by atoms with Crippen molar-refractivity contribution in [2.24, 2.45) is 17.6 Å². The first kappa shape index (κ1) is 12.4. The molecule has 1 saturated carbocycles. The van der Waals surface area contributed by atoms with Gasteiger partial charge in [-0.15, -0.1) is 0 Å². The van der Waals surface area contributed by atoms with Gasteiger partial charge in [-0.1, -0.05) is 13.8 Å². The second-order valence-corrected chi connectivity index (χ2v) is 6.45. The number of hydrogen-bond acceptors (Lipinski definition) is 2. The van der Waals surface area contributed by atoms with Crippen LogP contribution in [0.4, 0.5) is 0 Å². The molecule has 2 heteroatoms. The minimum absolute atomic E-state index is 0.346. The molecule has 0 amide bonds. The average Bonchev–Trinajstić information content (AvgIpc) is 2.61. The lowest BCUT2D eigenvalue weighted by Crippen LogP contribution is -2.58. The molecule has 2 nitrogen and oxygen atoms in total. The van der Waals surface area contributed by atoms with Crippen molar-refractivity contribution in [1.82, 2.24) is 4.90 Å². The zero-order valence-corrected chi connectivity index (χ0v) is 11.2. The zero-order chi connectivity index (χ0) is 11.8. The van der Waals surface area contributed by atoms with Crippen LogP contribution in [0.3, 0.4) is 0 Å². The summed E-state index contributed by atoms with van der Waals surface area (Å²) in [6.07, 6.45) is 6.73. The molecule has 2 N–H and O–H groups in total. The van der Waals surface area contributed by atoms with Gasteiger partial charge in [0.15, 0.2) is 0 Å². The maximum atomic E-state index is 6.12. The largest absolute Gasteiger partial charge is 0.329 e. The molecule has 16 heavy (non-hydrogen) atoms. The summed E-state index contributed by atoms with van der Waals surface area (Å²) in [6.45, 7) is 9.30. The van der Waals surface area contributed by atoms with Crippen molar-refractivity contribution >= 4 is 0 Å². The van der Waals surface area contributed by atoms with Gasteiger partial charge in [0.1, 0.15) is 0 Å².